The van der Waals surface area contributed by atoms with Gasteiger partial charge in [0.1, 0.15) is 12.2 Å². The van der Waals surface area contributed by atoms with E-state index >= 15 is 0 Å². The molecule has 7 heteroatoms. The molecule has 1 aromatic carbocycles. The summed E-state index contributed by atoms with van der Waals surface area (Å²) in [6, 6.07) is 12.6. The minimum absolute atomic E-state index is 0.127. The van der Waals surface area contributed by atoms with Crippen molar-refractivity contribution in [3.05, 3.63) is 71.7 Å². The summed E-state index contributed by atoms with van der Waals surface area (Å²) in [6.07, 6.45) is 3.82. The third-order valence-electron chi connectivity index (χ3n) is 4.32. The third kappa shape index (κ3) is 2.95. The second kappa shape index (κ2) is 6.44. The lowest BCUT2D eigenvalue weighted by molar-refractivity contribution is -0.133. The molecule has 7 nitrogen and oxygen atoms in total. The Bertz CT molecular complexity index is 991. The lowest BCUT2D eigenvalue weighted by atomic mass is 9.98. The first-order valence-corrected chi connectivity index (χ1v) is 8.24. The van der Waals surface area contributed by atoms with E-state index in [1.54, 1.807) is 24.3 Å². The lowest BCUT2D eigenvalue weighted by Crippen LogP contribution is -2.47. The van der Waals surface area contributed by atoms with E-state index in [4.69, 9.17) is 0 Å². The minimum Gasteiger partial charge on any atom is -0.349 e. The summed E-state index contributed by atoms with van der Waals surface area (Å²) >= 11 is 0. The molecule has 4 rings (SSSR count). The van der Waals surface area contributed by atoms with Gasteiger partial charge in [-0.05, 0) is 23.8 Å². The summed E-state index contributed by atoms with van der Waals surface area (Å²) in [5, 5.41) is 2.71. The van der Waals surface area contributed by atoms with E-state index in [9.17, 15) is 14.4 Å². The van der Waals surface area contributed by atoms with Crippen molar-refractivity contribution < 1.29 is 14.4 Å². The summed E-state index contributed by atoms with van der Waals surface area (Å²) < 4.78 is 1.86. The Hall–Kier alpha value is -3.48. The molecule has 130 valence electrons. The lowest BCUT2D eigenvalue weighted by Gasteiger charge is -2.26. The Morgan fingerprint density at radius 3 is 2.77 bits per heavy atom. The first-order valence-electron chi connectivity index (χ1n) is 8.24. The van der Waals surface area contributed by atoms with Crippen LogP contribution < -0.4 is 5.32 Å². The maximum absolute atomic E-state index is 12.5. The molecule has 0 saturated heterocycles. The standard InChI is InChI=1S/C19H16N4O3/c24-17(20-10-14-11-22-8-4-3-7-16(22)21-14)12-23-18(25)9-13-5-1-2-6-15(13)19(23)26/h1-8,11H,9-10,12H2,(H,20,24). The van der Waals surface area contributed by atoms with Crippen LogP contribution in [0.3, 0.4) is 0 Å². The number of rotatable bonds is 4. The van der Waals surface area contributed by atoms with Crippen molar-refractivity contribution in [2.45, 2.75) is 13.0 Å². The van der Waals surface area contributed by atoms with Crippen LogP contribution in [0.2, 0.25) is 0 Å². The number of aromatic nitrogens is 2. The van der Waals surface area contributed by atoms with Gasteiger partial charge in [-0.1, -0.05) is 24.3 Å². The zero-order valence-electron chi connectivity index (χ0n) is 13.9. The van der Waals surface area contributed by atoms with Crippen LogP contribution >= 0.6 is 0 Å². The van der Waals surface area contributed by atoms with E-state index in [2.05, 4.69) is 10.3 Å². The first kappa shape index (κ1) is 16.0. The summed E-state index contributed by atoms with van der Waals surface area (Å²) in [4.78, 5) is 42.3. The van der Waals surface area contributed by atoms with Gasteiger partial charge in [0.25, 0.3) is 5.91 Å². The summed E-state index contributed by atoms with van der Waals surface area (Å²) in [6.45, 7) is -0.0628. The Morgan fingerprint density at radius 2 is 1.92 bits per heavy atom. The average molecular weight is 348 g/mol. The van der Waals surface area contributed by atoms with Gasteiger partial charge in [0.15, 0.2) is 0 Å². The van der Waals surface area contributed by atoms with Crippen molar-refractivity contribution in [1.82, 2.24) is 19.6 Å². The van der Waals surface area contributed by atoms with E-state index < -0.39 is 11.8 Å². The highest BCUT2D eigenvalue weighted by molar-refractivity contribution is 6.11. The molecule has 0 unspecified atom stereocenters. The molecule has 1 aliphatic heterocycles. The van der Waals surface area contributed by atoms with Gasteiger partial charge in [0, 0.05) is 18.0 Å². The Morgan fingerprint density at radius 1 is 1.12 bits per heavy atom. The molecule has 2 aromatic heterocycles. The van der Waals surface area contributed by atoms with Crippen LogP contribution in [-0.2, 0) is 22.6 Å². The maximum atomic E-state index is 12.5. The fraction of sp³-hybridized carbons (Fsp3) is 0.158. The number of pyridine rings is 1. The molecule has 0 spiro atoms. The molecule has 0 aliphatic carbocycles. The molecule has 0 saturated carbocycles. The van der Waals surface area contributed by atoms with Gasteiger partial charge in [0.2, 0.25) is 11.8 Å². The van der Waals surface area contributed by atoms with Crippen molar-refractivity contribution in [2.75, 3.05) is 6.54 Å². The SMILES string of the molecule is O=C(CN1C(=O)Cc2ccccc2C1=O)NCc1cn2ccccc2n1. The fourth-order valence-electron chi connectivity index (χ4n) is 3.02. The normalized spacial score (nSPS) is 13.8. The van der Waals surface area contributed by atoms with E-state index in [1.165, 1.54) is 0 Å². The number of hydrogen-bond acceptors (Lipinski definition) is 4. The quantitative estimate of drug-likeness (QED) is 0.718. The molecule has 0 atom stereocenters. The van der Waals surface area contributed by atoms with Crippen LogP contribution in [0.4, 0.5) is 0 Å². The number of carbonyl (C=O) groups is 3. The number of nitrogens with one attached hydrogen (secondary N) is 1. The number of imidazole rings is 1. The van der Waals surface area contributed by atoms with Gasteiger partial charge in [-0.15, -0.1) is 0 Å². The van der Waals surface area contributed by atoms with Crippen molar-refractivity contribution in [3.63, 3.8) is 0 Å². The van der Waals surface area contributed by atoms with E-state index in [0.717, 1.165) is 10.5 Å². The highest BCUT2D eigenvalue weighted by atomic mass is 16.2. The van der Waals surface area contributed by atoms with Crippen LogP contribution in [0.5, 0.6) is 0 Å². The second-order valence-electron chi connectivity index (χ2n) is 6.09. The highest BCUT2D eigenvalue weighted by Gasteiger charge is 2.31. The zero-order chi connectivity index (χ0) is 18.1. The smallest absolute Gasteiger partial charge is 0.261 e. The fourth-order valence-corrected chi connectivity index (χ4v) is 3.02. The van der Waals surface area contributed by atoms with Crippen LogP contribution in [0, 0.1) is 0 Å². The molecule has 0 fully saturated rings. The summed E-state index contributed by atoms with van der Waals surface area (Å²) in [5.74, 6) is -1.19. The van der Waals surface area contributed by atoms with E-state index in [0.29, 0.717) is 16.8 Å². The molecular formula is C19H16N4O3. The molecule has 3 aromatic rings. The van der Waals surface area contributed by atoms with E-state index in [1.807, 2.05) is 35.0 Å². The first-order chi connectivity index (χ1) is 12.6. The van der Waals surface area contributed by atoms with Crippen molar-refractivity contribution >= 4 is 23.4 Å². The number of imide groups is 1. The number of benzene rings is 1. The van der Waals surface area contributed by atoms with Gasteiger partial charge >= 0.3 is 0 Å². The number of nitrogens with zero attached hydrogens (tertiary/aromatic N) is 3. The summed E-state index contributed by atoms with van der Waals surface area (Å²) in [7, 11) is 0. The molecule has 26 heavy (non-hydrogen) atoms. The van der Waals surface area contributed by atoms with Gasteiger partial charge < -0.3 is 9.72 Å². The highest BCUT2D eigenvalue weighted by Crippen LogP contribution is 2.19. The second-order valence-corrected chi connectivity index (χ2v) is 6.09. The largest absolute Gasteiger partial charge is 0.349 e. The number of fused-ring (bicyclic) bond motifs is 2. The Kier molecular flexibility index (Phi) is 3.96. The van der Waals surface area contributed by atoms with Gasteiger partial charge in [-0.25, -0.2) is 4.98 Å². The molecule has 1 aliphatic rings. The number of amides is 3. The van der Waals surface area contributed by atoms with E-state index in [-0.39, 0.29) is 25.4 Å². The molecule has 0 radical (unpaired) electrons. The van der Waals surface area contributed by atoms with Crippen molar-refractivity contribution in [1.29, 1.82) is 0 Å². The number of carbonyl (C=O) groups excluding carboxylic acids is 3. The topological polar surface area (TPSA) is 83.8 Å². The Balaban J connectivity index is 1.41. The predicted molar refractivity (Wildman–Crippen MR) is 93.2 cm³/mol. The molecule has 3 heterocycles. The van der Waals surface area contributed by atoms with Gasteiger partial charge in [-0.2, -0.15) is 0 Å². The maximum Gasteiger partial charge on any atom is 0.261 e. The number of hydrogen-bond donors (Lipinski definition) is 1. The van der Waals surface area contributed by atoms with Crippen LogP contribution in [0.25, 0.3) is 5.65 Å². The summed E-state index contributed by atoms with van der Waals surface area (Å²) in [5.41, 5.74) is 2.66. The van der Waals surface area contributed by atoms with Crippen LogP contribution in [-0.4, -0.2) is 38.6 Å². The van der Waals surface area contributed by atoms with Crippen LogP contribution in [0.15, 0.2) is 54.9 Å². The molecule has 1 N–H and O–H groups in total. The van der Waals surface area contributed by atoms with Crippen LogP contribution in [0.1, 0.15) is 21.6 Å². The third-order valence-corrected chi connectivity index (χ3v) is 4.32. The average Bonchev–Trinajstić information content (AvgIpc) is 3.06. The van der Waals surface area contributed by atoms with Crippen molar-refractivity contribution in [3.8, 4) is 0 Å². The van der Waals surface area contributed by atoms with Gasteiger partial charge in [-0.3, -0.25) is 19.3 Å². The molecule has 0 bridgehead atoms. The zero-order valence-corrected chi connectivity index (χ0v) is 13.9. The Labute approximate surface area is 149 Å². The van der Waals surface area contributed by atoms with Gasteiger partial charge in [0.05, 0.1) is 18.7 Å². The van der Waals surface area contributed by atoms with Crippen molar-refractivity contribution in [2.24, 2.45) is 0 Å². The molecular weight excluding hydrogens is 332 g/mol. The monoisotopic (exact) mass is 348 g/mol. The predicted octanol–water partition coefficient (Wildman–Crippen LogP) is 1.18. The minimum atomic E-state index is -0.431. The molecule has 3 amide bonds.